The molecule has 0 heterocycles. The fourth-order valence-electron chi connectivity index (χ4n) is 2.56. The lowest BCUT2D eigenvalue weighted by Crippen LogP contribution is -2.43. The Morgan fingerprint density at radius 3 is 2.81 bits per heavy atom. The van der Waals surface area contributed by atoms with E-state index in [0.717, 1.165) is 13.0 Å². The van der Waals surface area contributed by atoms with E-state index in [0.29, 0.717) is 23.2 Å². The van der Waals surface area contributed by atoms with Gasteiger partial charge in [0.25, 0.3) is 0 Å². The van der Waals surface area contributed by atoms with E-state index in [1.165, 1.54) is 12.8 Å². The van der Waals surface area contributed by atoms with Crippen molar-refractivity contribution in [2.45, 2.75) is 45.2 Å². The Labute approximate surface area is 126 Å². The second-order valence-electron chi connectivity index (χ2n) is 5.59. The highest BCUT2D eigenvalue weighted by Gasteiger charge is 2.34. The Morgan fingerprint density at radius 1 is 1.52 bits per heavy atom. The Bertz CT molecular complexity index is 500. The molecule has 3 N–H and O–H groups in total. The largest absolute Gasteiger partial charge is 0.494 e. The zero-order chi connectivity index (χ0) is 15.4. The molecular formula is C16H25N3O2. The number of nitrogen functional groups attached to an aromatic ring is 1. The van der Waals surface area contributed by atoms with Crippen LogP contribution in [0.1, 0.15) is 33.1 Å². The molecule has 1 unspecified atom stereocenters. The number of anilines is 2. The zero-order valence-electron chi connectivity index (χ0n) is 13.1. The van der Waals surface area contributed by atoms with Crippen molar-refractivity contribution in [3.05, 3.63) is 18.2 Å². The van der Waals surface area contributed by atoms with Crippen LogP contribution < -0.4 is 15.8 Å². The van der Waals surface area contributed by atoms with E-state index in [9.17, 15) is 4.79 Å². The molecule has 1 saturated carbocycles. The molecule has 0 bridgehead atoms. The third-order valence-corrected chi connectivity index (χ3v) is 3.86. The Hall–Kier alpha value is -1.75. The lowest BCUT2D eigenvalue weighted by molar-refractivity contribution is -0.121. The number of nitrogens with two attached hydrogens (primary N) is 1. The summed E-state index contributed by atoms with van der Waals surface area (Å²) in [6.07, 6.45) is 3.45. The van der Waals surface area contributed by atoms with Gasteiger partial charge in [0.15, 0.2) is 0 Å². The number of methoxy groups -OCH3 is 1. The average Bonchev–Trinajstić information content (AvgIpc) is 3.30. The third kappa shape index (κ3) is 3.88. The van der Waals surface area contributed by atoms with Crippen LogP contribution >= 0.6 is 0 Å². The lowest BCUT2D eigenvalue weighted by Gasteiger charge is -2.28. The van der Waals surface area contributed by atoms with Gasteiger partial charge in [-0.05, 0) is 44.9 Å². The molecule has 0 radical (unpaired) electrons. The van der Waals surface area contributed by atoms with Gasteiger partial charge in [-0.1, -0.05) is 6.92 Å². The summed E-state index contributed by atoms with van der Waals surface area (Å²) >= 11 is 0. The van der Waals surface area contributed by atoms with E-state index < -0.39 is 0 Å². The Balaban J connectivity index is 2.06. The molecule has 116 valence electrons. The van der Waals surface area contributed by atoms with Gasteiger partial charge < -0.3 is 15.8 Å². The number of carbonyl (C=O) groups is 1. The number of hydrogen-bond donors (Lipinski definition) is 2. The van der Waals surface area contributed by atoms with Crippen LogP contribution in [0.4, 0.5) is 11.4 Å². The van der Waals surface area contributed by atoms with Gasteiger partial charge in [0.05, 0.1) is 18.8 Å². The van der Waals surface area contributed by atoms with Gasteiger partial charge in [0, 0.05) is 17.8 Å². The topological polar surface area (TPSA) is 67.6 Å². The molecule has 0 aliphatic heterocycles. The highest BCUT2D eigenvalue weighted by molar-refractivity contribution is 5.96. The third-order valence-electron chi connectivity index (χ3n) is 3.86. The van der Waals surface area contributed by atoms with Gasteiger partial charge in [-0.3, -0.25) is 9.69 Å². The summed E-state index contributed by atoms with van der Waals surface area (Å²) in [5.74, 6) is 0.586. The van der Waals surface area contributed by atoms with Crippen LogP contribution in [-0.2, 0) is 4.79 Å². The van der Waals surface area contributed by atoms with E-state index in [1.807, 2.05) is 6.92 Å². The molecule has 1 aromatic carbocycles. The molecule has 1 amide bonds. The SMILES string of the molecule is CCCN(C1CC1)C(C)C(=O)Nc1ccc(N)cc1OC. The highest BCUT2D eigenvalue weighted by Crippen LogP contribution is 2.30. The van der Waals surface area contributed by atoms with Crippen LogP contribution in [0.25, 0.3) is 0 Å². The van der Waals surface area contributed by atoms with Crippen molar-refractivity contribution in [2.24, 2.45) is 0 Å². The molecule has 1 aliphatic rings. The molecule has 1 atom stereocenters. The minimum Gasteiger partial charge on any atom is -0.494 e. The number of ether oxygens (including phenoxy) is 1. The first kappa shape index (κ1) is 15.6. The van der Waals surface area contributed by atoms with Crippen molar-refractivity contribution in [1.82, 2.24) is 4.90 Å². The summed E-state index contributed by atoms with van der Waals surface area (Å²) in [5, 5.41) is 2.95. The van der Waals surface area contributed by atoms with E-state index >= 15 is 0 Å². The van der Waals surface area contributed by atoms with Gasteiger partial charge in [-0.25, -0.2) is 0 Å². The smallest absolute Gasteiger partial charge is 0.241 e. The van der Waals surface area contributed by atoms with Crippen molar-refractivity contribution in [3.63, 3.8) is 0 Å². The van der Waals surface area contributed by atoms with Crippen LogP contribution in [-0.4, -0.2) is 36.5 Å². The zero-order valence-corrected chi connectivity index (χ0v) is 13.1. The summed E-state index contributed by atoms with van der Waals surface area (Å²) in [4.78, 5) is 14.8. The van der Waals surface area contributed by atoms with E-state index in [4.69, 9.17) is 10.5 Å². The lowest BCUT2D eigenvalue weighted by atomic mass is 10.2. The number of carbonyl (C=O) groups excluding carboxylic acids is 1. The minimum absolute atomic E-state index is 0.00146. The van der Waals surface area contributed by atoms with Gasteiger partial charge in [0.1, 0.15) is 5.75 Å². The molecule has 1 fully saturated rings. The summed E-state index contributed by atoms with van der Waals surface area (Å²) in [7, 11) is 1.57. The number of nitrogens with zero attached hydrogens (tertiary/aromatic N) is 1. The molecule has 0 spiro atoms. The summed E-state index contributed by atoms with van der Waals surface area (Å²) in [6.45, 7) is 5.06. The van der Waals surface area contributed by atoms with Crippen LogP contribution in [0.15, 0.2) is 18.2 Å². The molecule has 5 heteroatoms. The Morgan fingerprint density at radius 2 is 2.24 bits per heavy atom. The minimum atomic E-state index is -0.139. The number of amides is 1. The van der Waals surface area contributed by atoms with Gasteiger partial charge in [-0.15, -0.1) is 0 Å². The predicted octanol–water partition coefficient (Wildman–Crippen LogP) is 2.48. The van der Waals surface area contributed by atoms with E-state index in [2.05, 4.69) is 17.1 Å². The van der Waals surface area contributed by atoms with Crippen molar-refractivity contribution in [3.8, 4) is 5.75 Å². The predicted molar refractivity (Wildman–Crippen MR) is 85.5 cm³/mol. The van der Waals surface area contributed by atoms with Crippen LogP contribution in [0, 0.1) is 0 Å². The second kappa shape index (κ2) is 6.80. The summed E-state index contributed by atoms with van der Waals surface area (Å²) in [5.41, 5.74) is 7.01. The maximum atomic E-state index is 12.5. The molecular weight excluding hydrogens is 266 g/mol. The van der Waals surface area contributed by atoms with Crippen LogP contribution in [0.5, 0.6) is 5.75 Å². The quantitative estimate of drug-likeness (QED) is 0.757. The van der Waals surface area contributed by atoms with Crippen molar-refractivity contribution in [1.29, 1.82) is 0 Å². The first-order valence-corrected chi connectivity index (χ1v) is 7.57. The first-order valence-electron chi connectivity index (χ1n) is 7.57. The fourth-order valence-corrected chi connectivity index (χ4v) is 2.56. The summed E-state index contributed by atoms with van der Waals surface area (Å²) < 4.78 is 5.27. The van der Waals surface area contributed by atoms with Crippen molar-refractivity contribution >= 4 is 17.3 Å². The molecule has 5 nitrogen and oxygen atoms in total. The standard InChI is InChI=1S/C16H25N3O2/c1-4-9-19(13-6-7-13)11(2)16(20)18-14-8-5-12(17)10-15(14)21-3/h5,8,10-11,13H,4,6-7,9,17H2,1-3H3,(H,18,20). The number of rotatable bonds is 7. The van der Waals surface area contributed by atoms with Crippen molar-refractivity contribution < 1.29 is 9.53 Å². The van der Waals surface area contributed by atoms with E-state index in [1.54, 1.807) is 25.3 Å². The van der Waals surface area contributed by atoms with E-state index in [-0.39, 0.29) is 11.9 Å². The highest BCUT2D eigenvalue weighted by atomic mass is 16.5. The number of benzene rings is 1. The maximum Gasteiger partial charge on any atom is 0.241 e. The monoisotopic (exact) mass is 291 g/mol. The molecule has 0 saturated heterocycles. The maximum absolute atomic E-state index is 12.5. The Kier molecular flexibility index (Phi) is 5.07. The number of nitrogens with one attached hydrogen (secondary N) is 1. The number of hydrogen-bond acceptors (Lipinski definition) is 4. The normalized spacial score (nSPS) is 15.8. The van der Waals surface area contributed by atoms with Crippen LogP contribution in [0.2, 0.25) is 0 Å². The molecule has 2 rings (SSSR count). The second-order valence-corrected chi connectivity index (χ2v) is 5.59. The van der Waals surface area contributed by atoms with Gasteiger partial charge in [-0.2, -0.15) is 0 Å². The van der Waals surface area contributed by atoms with Gasteiger partial charge >= 0.3 is 0 Å². The molecule has 21 heavy (non-hydrogen) atoms. The van der Waals surface area contributed by atoms with Crippen LogP contribution in [0.3, 0.4) is 0 Å². The molecule has 0 aromatic heterocycles. The molecule has 1 aliphatic carbocycles. The average molecular weight is 291 g/mol. The van der Waals surface area contributed by atoms with Crippen molar-refractivity contribution in [2.75, 3.05) is 24.7 Å². The first-order chi connectivity index (χ1) is 10.1. The summed E-state index contributed by atoms with van der Waals surface area (Å²) in [6, 6.07) is 5.68. The molecule has 1 aromatic rings. The van der Waals surface area contributed by atoms with Gasteiger partial charge in [0.2, 0.25) is 5.91 Å². The fraction of sp³-hybridized carbons (Fsp3) is 0.562.